The minimum absolute atomic E-state index is 0.0470. The third-order valence-electron chi connectivity index (χ3n) is 7.53. The summed E-state index contributed by atoms with van der Waals surface area (Å²) in [6, 6.07) is 8.76. The molecule has 3 aliphatic heterocycles. The molecule has 5 rings (SSSR count). The van der Waals surface area contributed by atoms with E-state index >= 15 is 4.39 Å². The largest absolute Gasteiger partial charge is 0.378 e. The molecule has 2 fully saturated rings. The number of morpholine rings is 1. The van der Waals surface area contributed by atoms with Gasteiger partial charge in [-0.1, -0.05) is 62.2 Å². The van der Waals surface area contributed by atoms with E-state index in [1.165, 1.54) is 6.07 Å². The van der Waals surface area contributed by atoms with Crippen LogP contribution in [0.1, 0.15) is 44.2 Å². The summed E-state index contributed by atoms with van der Waals surface area (Å²) in [5, 5.41) is 6.95. The maximum atomic E-state index is 15.7. The second-order valence-electron chi connectivity index (χ2n) is 11.0. The summed E-state index contributed by atoms with van der Waals surface area (Å²) < 4.78 is 21.2. The lowest BCUT2D eigenvalue weighted by Crippen LogP contribution is -2.51. The van der Waals surface area contributed by atoms with Gasteiger partial charge in [0.1, 0.15) is 11.2 Å². The maximum absolute atomic E-state index is 15.7. The fraction of sp³-hybridized carbons (Fsp3) is 0.481. The zero-order chi connectivity index (χ0) is 25.8. The van der Waals surface area contributed by atoms with Gasteiger partial charge < -0.3 is 20.3 Å². The fourth-order valence-electron chi connectivity index (χ4n) is 6.12. The van der Waals surface area contributed by atoms with Gasteiger partial charge in [-0.25, -0.2) is 4.39 Å². The number of carbonyl (C=O) groups is 2. The minimum atomic E-state index is -1.24. The van der Waals surface area contributed by atoms with Crippen molar-refractivity contribution in [3.63, 3.8) is 0 Å². The first-order chi connectivity index (χ1) is 17.0. The summed E-state index contributed by atoms with van der Waals surface area (Å²) in [7, 11) is 0. The number of hydrogen-bond donors (Lipinski definition) is 2. The van der Waals surface area contributed by atoms with Gasteiger partial charge in [0.25, 0.3) is 0 Å². The molecule has 0 aliphatic carbocycles. The van der Waals surface area contributed by atoms with E-state index < -0.39 is 29.2 Å². The number of hydrogen-bond acceptors (Lipinski definition) is 4. The minimum Gasteiger partial charge on any atom is -0.378 e. The average Bonchev–Trinajstić information content (AvgIpc) is 3.29. The molecular weight excluding hydrogens is 504 g/mol. The smallest absolute Gasteiger partial charge is 0.240 e. The predicted molar refractivity (Wildman–Crippen MR) is 138 cm³/mol. The number of nitrogens with one attached hydrogen (secondary N) is 2. The van der Waals surface area contributed by atoms with Crippen LogP contribution in [0.3, 0.4) is 0 Å². The average molecular weight is 534 g/mol. The van der Waals surface area contributed by atoms with E-state index in [0.29, 0.717) is 49.0 Å². The van der Waals surface area contributed by atoms with Crippen LogP contribution < -0.4 is 10.6 Å². The zero-order valence-corrected chi connectivity index (χ0v) is 22.0. The standard InChI is InChI=1S/C27H30Cl2FN3O3/c1-26(2,3)14-20-27(17-8-7-15(28)13-19(17)31-25(27)35)21(16-5-4-6-18(29)22(16)30)23(32-20)24(34)33-9-11-36-12-10-33/h4-8,13,20-21,23,32H,9-12,14H2,1-3H3,(H,31,35)/t20-,21+,23-,27+/m1/s1. The highest BCUT2D eigenvalue weighted by Crippen LogP contribution is 2.57. The van der Waals surface area contributed by atoms with Gasteiger partial charge in [-0.3, -0.25) is 9.59 Å². The van der Waals surface area contributed by atoms with Gasteiger partial charge in [-0.15, -0.1) is 0 Å². The Labute approximate surface area is 220 Å². The molecule has 1 spiro atoms. The number of ether oxygens (including phenoxy) is 1. The number of halogens is 3. The first kappa shape index (κ1) is 25.5. The van der Waals surface area contributed by atoms with Crippen molar-refractivity contribution >= 4 is 40.7 Å². The normalized spacial score (nSPS) is 27.9. The van der Waals surface area contributed by atoms with E-state index in [0.717, 1.165) is 0 Å². The molecule has 2 saturated heterocycles. The van der Waals surface area contributed by atoms with Gasteiger partial charge in [0, 0.05) is 35.8 Å². The highest BCUT2D eigenvalue weighted by atomic mass is 35.5. The van der Waals surface area contributed by atoms with Crippen LogP contribution in [0.25, 0.3) is 0 Å². The fourth-order valence-corrected chi connectivity index (χ4v) is 6.47. The summed E-state index contributed by atoms with van der Waals surface area (Å²) in [5.41, 5.74) is 0.108. The Morgan fingerprint density at radius 1 is 1.19 bits per heavy atom. The highest BCUT2D eigenvalue weighted by Gasteiger charge is 2.66. The van der Waals surface area contributed by atoms with Crippen LogP contribution >= 0.6 is 23.2 Å². The number of nitrogens with zero attached hydrogens (tertiary/aromatic N) is 1. The van der Waals surface area contributed by atoms with Crippen LogP contribution in [0.15, 0.2) is 36.4 Å². The SMILES string of the molecule is CC(C)(C)C[C@H]1N[C@@H](C(=O)N2CCOCC2)[C@H](c2cccc(Cl)c2F)[C@@]12C(=O)Nc1cc(Cl)ccc12. The van der Waals surface area contributed by atoms with E-state index in [4.69, 9.17) is 27.9 Å². The van der Waals surface area contributed by atoms with Crippen LogP contribution in [-0.2, 0) is 19.7 Å². The van der Waals surface area contributed by atoms with E-state index in [1.54, 1.807) is 29.2 Å². The van der Waals surface area contributed by atoms with Gasteiger partial charge >= 0.3 is 0 Å². The van der Waals surface area contributed by atoms with Gasteiger partial charge in [0.15, 0.2) is 0 Å². The molecule has 192 valence electrons. The number of rotatable bonds is 3. The summed E-state index contributed by atoms with van der Waals surface area (Å²) in [6.45, 7) is 8.02. The number of carbonyl (C=O) groups excluding carboxylic acids is 2. The summed E-state index contributed by atoms with van der Waals surface area (Å²) in [4.78, 5) is 29.8. The summed E-state index contributed by atoms with van der Waals surface area (Å²) in [6.07, 6.45) is 0.577. The molecular formula is C27H30Cl2FN3O3. The molecule has 0 radical (unpaired) electrons. The lowest BCUT2D eigenvalue weighted by molar-refractivity contribution is -0.137. The molecule has 2 amide bonds. The third-order valence-corrected chi connectivity index (χ3v) is 8.05. The van der Waals surface area contributed by atoms with Crippen molar-refractivity contribution in [1.82, 2.24) is 10.2 Å². The molecule has 36 heavy (non-hydrogen) atoms. The van der Waals surface area contributed by atoms with Gasteiger partial charge in [0.2, 0.25) is 11.8 Å². The Morgan fingerprint density at radius 2 is 1.92 bits per heavy atom. The molecule has 4 atom stereocenters. The lowest BCUT2D eigenvalue weighted by atomic mass is 9.62. The zero-order valence-electron chi connectivity index (χ0n) is 20.5. The molecule has 9 heteroatoms. The second-order valence-corrected chi connectivity index (χ2v) is 11.9. The summed E-state index contributed by atoms with van der Waals surface area (Å²) >= 11 is 12.5. The molecule has 2 aromatic rings. The number of benzene rings is 2. The molecule has 0 unspecified atom stereocenters. The highest BCUT2D eigenvalue weighted by molar-refractivity contribution is 6.31. The molecule has 6 nitrogen and oxygen atoms in total. The van der Waals surface area contributed by atoms with Crippen LogP contribution in [0.5, 0.6) is 0 Å². The van der Waals surface area contributed by atoms with Crippen LogP contribution in [0, 0.1) is 11.2 Å². The first-order valence-corrected chi connectivity index (χ1v) is 13.0. The van der Waals surface area contributed by atoms with Crippen molar-refractivity contribution in [2.45, 2.75) is 50.6 Å². The Bertz CT molecular complexity index is 1210. The maximum Gasteiger partial charge on any atom is 0.240 e. The van der Waals surface area contributed by atoms with Crippen molar-refractivity contribution in [2.24, 2.45) is 5.41 Å². The molecule has 0 saturated carbocycles. The lowest BCUT2D eigenvalue weighted by Gasteiger charge is -2.38. The van der Waals surface area contributed by atoms with E-state index in [1.807, 2.05) is 6.07 Å². The summed E-state index contributed by atoms with van der Waals surface area (Å²) in [5.74, 6) is -1.89. The molecule has 3 aliphatic rings. The van der Waals surface area contributed by atoms with Crippen molar-refractivity contribution in [3.05, 3.63) is 63.4 Å². The van der Waals surface area contributed by atoms with Crippen LogP contribution in [-0.4, -0.2) is 55.1 Å². The molecule has 2 N–H and O–H groups in total. The Balaban J connectivity index is 1.75. The molecule has 0 aromatic heterocycles. The van der Waals surface area contributed by atoms with E-state index in [-0.39, 0.29) is 27.8 Å². The van der Waals surface area contributed by atoms with Crippen LogP contribution in [0.2, 0.25) is 10.0 Å². The van der Waals surface area contributed by atoms with Crippen molar-refractivity contribution in [3.8, 4) is 0 Å². The molecule has 2 aromatic carbocycles. The first-order valence-electron chi connectivity index (χ1n) is 12.2. The molecule has 0 bridgehead atoms. The Hall–Kier alpha value is -2.19. The monoisotopic (exact) mass is 533 g/mol. The van der Waals surface area contributed by atoms with Crippen LogP contribution in [0.4, 0.5) is 10.1 Å². The van der Waals surface area contributed by atoms with E-state index in [2.05, 4.69) is 31.4 Å². The number of amides is 2. The second kappa shape index (κ2) is 9.28. The number of anilines is 1. The molecule has 3 heterocycles. The van der Waals surface area contributed by atoms with Gasteiger partial charge in [0.05, 0.1) is 24.3 Å². The van der Waals surface area contributed by atoms with Crippen molar-refractivity contribution < 1.29 is 18.7 Å². The van der Waals surface area contributed by atoms with Gasteiger partial charge in [-0.05, 0) is 41.2 Å². The topological polar surface area (TPSA) is 70.7 Å². The van der Waals surface area contributed by atoms with Crippen molar-refractivity contribution in [1.29, 1.82) is 0 Å². The Kier molecular flexibility index (Phi) is 6.56. The predicted octanol–water partition coefficient (Wildman–Crippen LogP) is 4.74. The van der Waals surface area contributed by atoms with Gasteiger partial charge in [-0.2, -0.15) is 0 Å². The number of fused-ring (bicyclic) bond motifs is 2. The van der Waals surface area contributed by atoms with E-state index in [9.17, 15) is 9.59 Å². The third kappa shape index (κ3) is 4.10. The Morgan fingerprint density at radius 3 is 2.61 bits per heavy atom. The van der Waals surface area contributed by atoms with Crippen molar-refractivity contribution in [2.75, 3.05) is 31.6 Å². The quantitative estimate of drug-likeness (QED) is 0.597.